The van der Waals surface area contributed by atoms with Crippen molar-refractivity contribution in [2.24, 2.45) is 11.8 Å². The summed E-state index contributed by atoms with van der Waals surface area (Å²) in [4.78, 5) is 2.50. The van der Waals surface area contributed by atoms with E-state index in [2.05, 4.69) is 84.6 Å². The number of nitrogens with zero attached hydrogens (tertiary/aromatic N) is 1. The van der Waals surface area contributed by atoms with Crippen molar-refractivity contribution in [1.29, 1.82) is 0 Å². The van der Waals surface area contributed by atoms with E-state index in [1.807, 2.05) is 0 Å². The molecule has 3 atom stereocenters. The van der Waals surface area contributed by atoms with Crippen LogP contribution in [0.5, 0.6) is 5.75 Å². The van der Waals surface area contributed by atoms with E-state index in [0.29, 0.717) is 23.7 Å². The highest BCUT2D eigenvalue weighted by molar-refractivity contribution is 5.53. The van der Waals surface area contributed by atoms with E-state index in [0.717, 1.165) is 38.1 Å². The third kappa shape index (κ3) is 4.89. The Morgan fingerprint density at radius 3 is 2.14 bits per heavy atom. The van der Waals surface area contributed by atoms with Crippen LogP contribution in [0.1, 0.15) is 53.9 Å². The van der Waals surface area contributed by atoms with E-state index in [-0.39, 0.29) is 6.29 Å². The topological polar surface area (TPSA) is 30.9 Å². The molecule has 0 N–H and O–H groups in total. The van der Waals surface area contributed by atoms with Crippen molar-refractivity contribution in [2.75, 3.05) is 39.3 Å². The highest BCUT2D eigenvalue weighted by atomic mass is 16.7. The molecule has 0 bridgehead atoms. The predicted octanol–water partition coefficient (Wildman–Crippen LogP) is 6.64. The average molecular weight is 486 g/mol. The summed E-state index contributed by atoms with van der Waals surface area (Å²) < 4.78 is 16.6. The lowest BCUT2D eigenvalue weighted by molar-refractivity contribution is -0.141. The van der Waals surface area contributed by atoms with Crippen LogP contribution in [0.15, 0.2) is 72.8 Å². The molecule has 36 heavy (non-hydrogen) atoms. The van der Waals surface area contributed by atoms with Crippen molar-refractivity contribution in [3.63, 3.8) is 0 Å². The fourth-order valence-electron chi connectivity index (χ4n) is 6.57. The Morgan fingerprint density at radius 1 is 0.806 bits per heavy atom. The summed E-state index contributed by atoms with van der Waals surface area (Å²) in [6.07, 6.45) is 3.13. The standard InChI is InChI=1S/C32H39NO3/c1-22-20-26-21-28(34-2)14-15-29(26)31(30(22)23-8-6-5-7-9-23)24-10-12-27(13-11-24)33-18-16-25(17-19-33)32(35-3)36-4/h5-15,21-22,25,30-32H,16-20H2,1-4H3/t22-,30?,31?/m1/s1. The van der Waals surface area contributed by atoms with Gasteiger partial charge in [-0.25, -0.2) is 0 Å². The van der Waals surface area contributed by atoms with Crippen LogP contribution >= 0.6 is 0 Å². The van der Waals surface area contributed by atoms with Crippen molar-refractivity contribution in [3.8, 4) is 5.75 Å². The molecule has 0 saturated carbocycles. The smallest absolute Gasteiger partial charge is 0.159 e. The highest BCUT2D eigenvalue weighted by Gasteiger charge is 2.37. The normalized spacial score (nSPS) is 22.5. The number of methoxy groups -OCH3 is 3. The summed E-state index contributed by atoms with van der Waals surface area (Å²) >= 11 is 0. The molecule has 1 fully saturated rings. The lowest BCUT2D eigenvalue weighted by atomic mass is 9.64. The number of ether oxygens (including phenoxy) is 3. The predicted molar refractivity (Wildman–Crippen MR) is 146 cm³/mol. The number of anilines is 1. The van der Waals surface area contributed by atoms with Crippen LogP contribution in [0.3, 0.4) is 0 Å². The minimum Gasteiger partial charge on any atom is -0.497 e. The molecule has 4 heteroatoms. The fraction of sp³-hybridized carbons (Fsp3) is 0.438. The van der Waals surface area contributed by atoms with Gasteiger partial charge < -0.3 is 19.1 Å². The summed E-state index contributed by atoms with van der Waals surface area (Å²) in [6, 6.07) is 27.1. The quantitative estimate of drug-likeness (QED) is 0.351. The fourth-order valence-corrected chi connectivity index (χ4v) is 6.57. The minimum atomic E-state index is -0.101. The van der Waals surface area contributed by atoms with Crippen LogP contribution in [0.25, 0.3) is 0 Å². The van der Waals surface area contributed by atoms with E-state index < -0.39 is 0 Å². The van der Waals surface area contributed by atoms with Crippen LogP contribution in [0.2, 0.25) is 0 Å². The monoisotopic (exact) mass is 485 g/mol. The maximum absolute atomic E-state index is 5.57. The number of fused-ring (bicyclic) bond motifs is 1. The zero-order valence-corrected chi connectivity index (χ0v) is 22.0. The van der Waals surface area contributed by atoms with Gasteiger partial charge in [0.25, 0.3) is 0 Å². The second kappa shape index (κ2) is 11.1. The molecule has 2 unspecified atom stereocenters. The summed E-state index contributed by atoms with van der Waals surface area (Å²) in [7, 11) is 5.23. The van der Waals surface area contributed by atoms with E-state index in [1.54, 1.807) is 21.3 Å². The lowest BCUT2D eigenvalue weighted by Gasteiger charge is -2.40. The van der Waals surface area contributed by atoms with Gasteiger partial charge in [-0.1, -0.05) is 55.5 Å². The Hall–Kier alpha value is -2.82. The Labute approximate surface area is 216 Å². The molecule has 5 rings (SSSR count). The maximum Gasteiger partial charge on any atom is 0.159 e. The summed E-state index contributed by atoms with van der Waals surface area (Å²) in [5, 5.41) is 0. The van der Waals surface area contributed by atoms with E-state index >= 15 is 0 Å². The molecule has 1 heterocycles. The van der Waals surface area contributed by atoms with Crippen LogP contribution < -0.4 is 9.64 Å². The van der Waals surface area contributed by atoms with Gasteiger partial charge in [0.15, 0.2) is 6.29 Å². The summed E-state index contributed by atoms with van der Waals surface area (Å²) in [6.45, 7) is 4.46. The zero-order chi connectivity index (χ0) is 25.1. The number of hydrogen-bond donors (Lipinski definition) is 0. The number of hydrogen-bond acceptors (Lipinski definition) is 4. The van der Waals surface area contributed by atoms with Gasteiger partial charge in [0, 0.05) is 44.8 Å². The summed E-state index contributed by atoms with van der Waals surface area (Å²) in [5.74, 6) is 2.69. The first-order chi connectivity index (χ1) is 17.6. The number of piperidine rings is 1. The lowest BCUT2D eigenvalue weighted by Crippen LogP contribution is -2.39. The van der Waals surface area contributed by atoms with E-state index in [9.17, 15) is 0 Å². The summed E-state index contributed by atoms with van der Waals surface area (Å²) in [5.41, 5.74) is 6.96. The van der Waals surface area contributed by atoms with Gasteiger partial charge in [0.1, 0.15) is 5.75 Å². The molecule has 3 aromatic carbocycles. The minimum absolute atomic E-state index is 0.101. The molecule has 2 aliphatic rings. The molecule has 190 valence electrons. The largest absolute Gasteiger partial charge is 0.497 e. The molecule has 3 aromatic rings. The van der Waals surface area contributed by atoms with Crippen LogP contribution in [-0.2, 0) is 15.9 Å². The average Bonchev–Trinajstić information content (AvgIpc) is 2.93. The molecule has 0 spiro atoms. The van der Waals surface area contributed by atoms with Gasteiger partial charge >= 0.3 is 0 Å². The SMILES string of the molecule is COc1ccc2c(c1)C[C@@H](C)C(c1ccccc1)C2c1ccc(N2CCC(C(OC)OC)CC2)cc1. The number of rotatable bonds is 7. The molecule has 1 aliphatic carbocycles. The second-order valence-corrected chi connectivity index (χ2v) is 10.4. The molecule has 0 radical (unpaired) electrons. The van der Waals surface area contributed by atoms with Crippen molar-refractivity contribution >= 4 is 5.69 Å². The molecule has 1 saturated heterocycles. The van der Waals surface area contributed by atoms with Gasteiger partial charge in [-0.05, 0) is 77.6 Å². The first-order valence-electron chi connectivity index (χ1n) is 13.2. The van der Waals surface area contributed by atoms with Gasteiger partial charge in [0.05, 0.1) is 7.11 Å². The molecule has 1 aliphatic heterocycles. The third-order valence-electron chi connectivity index (χ3n) is 8.39. The Balaban J connectivity index is 1.43. The zero-order valence-electron chi connectivity index (χ0n) is 22.0. The second-order valence-electron chi connectivity index (χ2n) is 10.4. The van der Waals surface area contributed by atoms with E-state index in [4.69, 9.17) is 14.2 Å². The van der Waals surface area contributed by atoms with Crippen LogP contribution in [-0.4, -0.2) is 40.7 Å². The molecular weight excluding hydrogens is 446 g/mol. The molecule has 0 amide bonds. The van der Waals surface area contributed by atoms with Gasteiger partial charge in [0.2, 0.25) is 0 Å². The maximum atomic E-state index is 5.57. The first-order valence-corrected chi connectivity index (χ1v) is 13.2. The van der Waals surface area contributed by atoms with Crippen LogP contribution in [0, 0.1) is 11.8 Å². The molecular formula is C32H39NO3. The van der Waals surface area contributed by atoms with Gasteiger partial charge in [-0.2, -0.15) is 0 Å². The van der Waals surface area contributed by atoms with Crippen molar-refractivity contribution in [1.82, 2.24) is 0 Å². The molecule has 4 nitrogen and oxygen atoms in total. The van der Waals surface area contributed by atoms with Crippen LogP contribution in [0.4, 0.5) is 5.69 Å². The third-order valence-corrected chi connectivity index (χ3v) is 8.39. The van der Waals surface area contributed by atoms with Crippen molar-refractivity contribution < 1.29 is 14.2 Å². The number of benzene rings is 3. The van der Waals surface area contributed by atoms with Crippen molar-refractivity contribution in [3.05, 3.63) is 95.1 Å². The first kappa shape index (κ1) is 24.9. The Kier molecular flexibility index (Phi) is 7.64. The Bertz CT molecular complexity index is 1120. The Morgan fingerprint density at radius 2 is 1.50 bits per heavy atom. The van der Waals surface area contributed by atoms with Gasteiger partial charge in [-0.15, -0.1) is 0 Å². The molecule has 0 aromatic heterocycles. The van der Waals surface area contributed by atoms with E-state index in [1.165, 1.54) is 27.9 Å². The highest BCUT2D eigenvalue weighted by Crippen LogP contribution is 2.49. The van der Waals surface area contributed by atoms with Gasteiger partial charge in [-0.3, -0.25) is 0 Å². The van der Waals surface area contributed by atoms with Crippen molar-refractivity contribution in [2.45, 2.75) is 44.3 Å².